The average Bonchev–Trinajstić information content (AvgIpc) is 2.35. The predicted octanol–water partition coefficient (Wildman–Crippen LogP) is 3.66. The van der Waals surface area contributed by atoms with Crippen LogP contribution < -0.4 is 0 Å². The van der Waals surface area contributed by atoms with Crippen LogP contribution in [0.3, 0.4) is 0 Å². The van der Waals surface area contributed by atoms with E-state index in [0.29, 0.717) is 12.1 Å². The molecule has 1 aromatic rings. The molecule has 1 rings (SSSR count). The zero-order valence-corrected chi connectivity index (χ0v) is 12.2. The minimum absolute atomic E-state index is 0.0148. The van der Waals surface area contributed by atoms with Gasteiger partial charge in [-0.15, -0.1) is 0 Å². The number of carbonyl (C=O) groups excluding carboxylic acids is 2. The number of benzene rings is 1. The van der Waals surface area contributed by atoms with E-state index in [4.69, 9.17) is 0 Å². The van der Waals surface area contributed by atoms with Gasteiger partial charge in [0, 0.05) is 13.6 Å². The van der Waals surface area contributed by atoms with Crippen molar-refractivity contribution in [1.82, 2.24) is 4.90 Å². The molecule has 0 unspecified atom stereocenters. The largest absolute Gasteiger partial charge is 0.416 e. The topological polar surface area (TPSA) is 37.4 Å². The maximum atomic E-state index is 12.7. The van der Waals surface area contributed by atoms with Crippen LogP contribution in [0.1, 0.15) is 30.0 Å². The monoisotopic (exact) mass is 341 g/mol. The molecule has 0 fully saturated rings. The number of alkyl halides is 6. The second kappa shape index (κ2) is 6.59. The van der Waals surface area contributed by atoms with Crippen LogP contribution in [0.25, 0.3) is 0 Å². The van der Waals surface area contributed by atoms with Crippen LogP contribution in [0.15, 0.2) is 18.2 Å². The molecule has 0 aliphatic rings. The first-order valence-corrected chi connectivity index (χ1v) is 6.32. The summed E-state index contributed by atoms with van der Waals surface area (Å²) in [6.45, 7) is 0.677. The van der Waals surface area contributed by atoms with Crippen molar-refractivity contribution in [2.45, 2.75) is 32.2 Å². The molecule has 0 saturated heterocycles. The van der Waals surface area contributed by atoms with Crippen molar-refractivity contribution in [3.05, 3.63) is 34.9 Å². The van der Waals surface area contributed by atoms with Gasteiger partial charge in [0.05, 0.1) is 17.5 Å². The number of halogens is 6. The summed E-state index contributed by atoms with van der Waals surface area (Å²) in [7, 11) is 1.19. The van der Waals surface area contributed by atoms with Crippen LogP contribution >= 0.6 is 0 Å². The maximum absolute atomic E-state index is 12.7. The highest BCUT2D eigenvalue weighted by atomic mass is 19.4. The number of Topliss-reactive ketones (excluding diaryl/α,β-unsaturated/α-hetero) is 1. The zero-order valence-electron chi connectivity index (χ0n) is 12.2. The van der Waals surface area contributed by atoms with E-state index < -0.39 is 48.1 Å². The summed E-state index contributed by atoms with van der Waals surface area (Å²) in [6.07, 6.45) is -10.4. The third-order valence-corrected chi connectivity index (χ3v) is 2.89. The molecular weight excluding hydrogens is 328 g/mol. The molecule has 3 nitrogen and oxygen atoms in total. The maximum Gasteiger partial charge on any atom is 0.416 e. The molecule has 0 spiro atoms. The molecule has 9 heteroatoms. The van der Waals surface area contributed by atoms with Gasteiger partial charge in [0.2, 0.25) is 5.91 Å². The molecule has 23 heavy (non-hydrogen) atoms. The molecule has 0 aliphatic heterocycles. The zero-order chi connectivity index (χ0) is 18.0. The Hall–Kier alpha value is -2.06. The van der Waals surface area contributed by atoms with Gasteiger partial charge in [-0.25, -0.2) is 0 Å². The molecule has 0 radical (unpaired) electrons. The Morgan fingerprint density at radius 1 is 0.957 bits per heavy atom. The second-order valence-corrected chi connectivity index (χ2v) is 5.04. The van der Waals surface area contributed by atoms with Crippen LogP contribution in [-0.2, 0) is 28.5 Å². The first-order valence-electron chi connectivity index (χ1n) is 6.32. The summed E-state index contributed by atoms with van der Waals surface area (Å²) < 4.78 is 76.3. The number of hydrogen-bond donors (Lipinski definition) is 0. The minimum atomic E-state index is -4.95. The molecule has 128 valence electrons. The summed E-state index contributed by atoms with van der Waals surface area (Å²) in [6, 6.07) is 1.11. The van der Waals surface area contributed by atoms with Gasteiger partial charge in [0.25, 0.3) is 0 Å². The van der Waals surface area contributed by atoms with Crippen LogP contribution in [-0.4, -0.2) is 23.6 Å². The Labute approximate surface area is 127 Å². The minimum Gasteiger partial charge on any atom is -0.341 e. The molecule has 1 amide bonds. The van der Waals surface area contributed by atoms with E-state index in [1.165, 1.54) is 7.05 Å². The van der Waals surface area contributed by atoms with Crippen molar-refractivity contribution in [3.63, 3.8) is 0 Å². The Kier molecular flexibility index (Phi) is 5.44. The molecule has 0 atom stereocenters. The number of hydrogen-bond acceptors (Lipinski definition) is 2. The number of nitrogens with zero attached hydrogens (tertiary/aromatic N) is 1. The number of carbonyl (C=O) groups is 2. The Bertz CT molecular complexity index is 574. The van der Waals surface area contributed by atoms with Gasteiger partial charge in [0.15, 0.2) is 0 Å². The predicted molar refractivity (Wildman–Crippen MR) is 68.2 cm³/mol. The quantitative estimate of drug-likeness (QED) is 0.619. The highest BCUT2D eigenvalue weighted by Gasteiger charge is 2.37. The lowest BCUT2D eigenvalue weighted by Crippen LogP contribution is -2.28. The van der Waals surface area contributed by atoms with Crippen molar-refractivity contribution < 1.29 is 35.9 Å². The van der Waals surface area contributed by atoms with E-state index >= 15 is 0 Å². The van der Waals surface area contributed by atoms with Crippen LogP contribution in [0.2, 0.25) is 0 Å². The third kappa shape index (κ3) is 5.57. The summed E-state index contributed by atoms with van der Waals surface area (Å²) >= 11 is 0. The number of ketones is 1. The van der Waals surface area contributed by atoms with Gasteiger partial charge >= 0.3 is 12.4 Å². The molecule has 1 aromatic carbocycles. The van der Waals surface area contributed by atoms with Gasteiger partial charge < -0.3 is 4.90 Å². The summed E-state index contributed by atoms with van der Waals surface area (Å²) in [4.78, 5) is 23.3. The van der Waals surface area contributed by atoms with Crippen molar-refractivity contribution >= 4 is 11.7 Å². The Balaban J connectivity index is 3.15. The normalized spacial score (nSPS) is 12.2. The van der Waals surface area contributed by atoms with Crippen LogP contribution in [0.4, 0.5) is 26.3 Å². The molecule has 0 heterocycles. The molecule has 0 N–H and O–H groups in total. The molecule has 0 bridgehead atoms. The fraction of sp³-hybridized carbons (Fsp3) is 0.429. The van der Waals surface area contributed by atoms with Gasteiger partial charge in [-0.3, -0.25) is 9.59 Å². The lowest BCUT2D eigenvalue weighted by Gasteiger charge is -2.19. The third-order valence-electron chi connectivity index (χ3n) is 2.89. The van der Waals surface area contributed by atoms with E-state index in [0.717, 1.165) is 11.8 Å². The van der Waals surface area contributed by atoms with E-state index in [1.807, 2.05) is 0 Å². The summed E-state index contributed by atoms with van der Waals surface area (Å²) in [5.74, 6) is -1.15. The van der Waals surface area contributed by atoms with Crippen LogP contribution in [0.5, 0.6) is 0 Å². The van der Waals surface area contributed by atoms with Crippen molar-refractivity contribution in [3.8, 4) is 0 Å². The second-order valence-electron chi connectivity index (χ2n) is 5.04. The molecular formula is C14H13F6NO2. The standard InChI is InChI=1S/C14H13F6NO2/c1-8(22)3-12(23)21(2)7-9-4-10(13(15,16)17)6-11(5-9)14(18,19)20/h4-6H,3,7H2,1-2H3. The summed E-state index contributed by atoms with van der Waals surface area (Å²) in [5, 5.41) is 0. The van der Waals surface area contributed by atoms with Gasteiger partial charge in [-0.05, 0) is 30.7 Å². The Morgan fingerprint density at radius 3 is 1.74 bits per heavy atom. The summed E-state index contributed by atoms with van der Waals surface area (Å²) in [5.41, 5.74) is -3.23. The lowest BCUT2D eigenvalue weighted by atomic mass is 10.0. The molecule has 0 saturated carbocycles. The molecule has 0 aliphatic carbocycles. The van der Waals surface area contributed by atoms with Gasteiger partial charge in [-0.2, -0.15) is 26.3 Å². The fourth-order valence-corrected chi connectivity index (χ4v) is 1.82. The van der Waals surface area contributed by atoms with E-state index in [1.54, 1.807) is 0 Å². The molecule has 0 aromatic heterocycles. The fourth-order valence-electron chi connectivity index (χ4n) is 1.82. The number of amides is 1. The van der Waals surface area contributed by atoms with Crippen molar-refractivity contribution in [1.29, 1.82) is 0 Å². The van der Waals surface area contributed by atoms with E-state index in [9.17, 15) is 35.9 Å². The lowest BCUT2D eigenvalue weighted by molar-refractivity contribution is -0.143. The number of rotatable bonds is 4. The highest BCUT2D eigenvalue weighted by Crippen LogP contribution is 2.36. The van der Waals surface area contributed by atoms with Crippen LogP contribution in [0, 0.1) is 0 Å². The highest BCUT2D eigenvalue weighted by molar-refractivity contribution is 5.96. The first-order chi connectivity index (χ1) is 10.3. The van der Waals surface area contributed by atoms with Crippen molar-refractivity contribution in [2.24, 2.45) is 0 Å². The van der Waals surface area contributed by atoms with E-state index in [2.05, 4.69) is 0 Å². The Morgan fingerprint density at radius 2 is 1.39 bits per heavy atom. The van der Waals surface area contributed by atoms with Gasteiger partial charge in [0.1, 0.15) is 5.78 Å². The smallest absolute Gasteiger partial charge is 0.341 e. The SMILES string of the molecule is CC(=O)CC(=O)N(C)Cc1cc(C(F)(F)F)cc(C(F)(F)F)c1. The van der Waals surface area contributed by atoms with Crippen molar-refractivity contribution in [2.75, 3.05) is 7.05 Å². The average molecular weight is 341 g/mol. The first kappa shape index (κ1) is 19.0. The van der Waals surface area contributed by atoms with E-state index in [-0.39, 0.29) is 11.6 Å². The van der Waals surface area contributed by atoms with Gasteiger partial charge in [-0.1, -0.05) is 0 Å².